The number of amides is 3. The molecule has 2 aromatic rings. The van der Waals surface area contributed by atoms with Crippen molar-refractivity contribution in [3.05, 3.63) is 53.6 Å². The number of nitrogens with zero attached hydrogens (tertiary/aromatic N) is 1. The number of anilines is 1. The quantitative estimate of drug-likeness (QED) is 0.832. The van der Waals surface area contributed by atoms with Gasteiger partial charge < -0.3 is 25.0 Å². The second-order valence-corrected chi connectivity index (χ2v) is 6.63. The number of hydrogen-bond acceptors (Lipinski definition) is 4. The number of carbonyl (C=O) groups excluding carboxylic acids is 2. The van der Waals surface area contributed by atoms with Crippen molar-refractivity contribution >= 4 is 17.6 Å². The van der Waals surface area contributed by atoms with E-state index in [9.17, 15) is 9.59 Å². The molecule has 1 unspecified atom stereocenters. The zero-order valence-electron chi connectivity index (χ0n) is 16.3. The molecular formula is C21H25N3O4. The van der Waals surface area contributed by atoms with Crippen molar-refractivity contribution in [2.75, 3.05) is 39.7 Å². The van der Waals surface area contributed by atoms with E-state index >= 15 is 0 Å². The monoisotopic (exact) mass is 383 g/mol. The van der Waals surface area contributed by atoms with Gasteiger partial charge in [0, 0.05) is 31.6 Å². The van der Waals surface area contributed by atoms with Gasteiger partial charge in [0.15, 0.2) is 0 Å². The van der Waals surface area contributed by atoms with Crippen LogP contribution in [0.3, 0.4) is 0 Å². The first-order chi connectivity index (χ1) is 13.5. The number of ether oxygens (including phenoxy) is 2. The number of urea groups is 1. The Morgan fingerprint density at radius 2 is 1.82 bits per heavy atom. The smallest absolute Gasteiger partial charge is 0.321 e. The summed E-state index contributed by atoms with van der Waals surface area (Å²) in [6.07, 6.45) is 0.909. The van der Waals surface area contributed by atoms with Crippen LogP contribution in [0, 0.1) is 0 Å². The van der Waals surface area contributed by atoms with E-state index in [1.807, 2.05) is 24.3 Å². The Labute approximate surface area is 164 Å². The number of benzene rings is 2. The predicted octanol–water partition coefficient (Wildman–Crippen LogP) is 3.08. The zero-order valence-corrected chi connectivity index (χ0v) is 16.3. The van der Waals surface area contributed by atoms with Gasteiger partial charge in [0.25, 0.3) is 5.91 Å². The minimum Gasteiger partial charge on any atom is -0.497 e. The third kappa shape index (κ3) is 4.19. The molecule has 0 aromatic heterocycles. The van der Waals surface area contributed by atoms with Crippen molar-refractivity contribution in [3.63, 3.8) is 0 Å². The molecule has 7 nitrogen and oxygen atoms in total. The molecule has 2 aromatic carbocycles. The molecule has 7 heteroatoms. The van der Waals surface area contributed by atoms with Gasteiger partial charge in [-0.2, -0.15) is 0 Å². The van der Waals surface area contributed by atoms with Crippen LogP contribution >= 0.6 is 0 Å². The molecule has 1 fully saturated rings. The SMILES string of the molecule is CNC(=O)c1ccc(NC(=O)N2CCC(c3ccc(OC)cc3)C2)c(OC)c1. The molecule has 3 rings (SSSR count). The minimum atomic E-state index is -0.210. The Morgan fingerprint density at radius 3 is 2.46 bits per heavy atom. The molecule has 0 saturated carbocycles. The van der Waals surface area contributed by atoms with E-state index in [1.165, 1.54) is 12.7 Å². The van der Waals surface area contributed by atoms with Gasteiger partial charge in [-0.05, 0) is 42.3 Å². The molecule has 1 atom stereocenters. The van der Waals surface area contributed by atoms with Crippen LogP contribution in [0.25, 0.3) is 0 Å². The van der Waals surface area contributed by atoms with Crippen molar-refractivity contribution in [1.29, 1.82) is 0 Å². The Morgan fingerprint density at radius 1 is 1.07 bits per heavy atom. The Balaban J connectivity index is 1.65. The lowest BCUT2D eigenvalue weighted by molar-refractivity contribution is 0.0962. The van der Waals surface area contributed by atoms with E-state index in [-0.39, 0.29) is 11.9 Å². The summed E-state index contributed by atoms with van der Waals surface area (Å²) in [5.41, 5.74) is 2.20. The normalized spacial score (nSPS) is 15.8. The van der Waals surface area contributed by atoms with Gasteiger partial charge in [0.05, 0.1) is 19.9 Å². The van der Waals surface area contributed by atoms with E-state index in [2.05, 4.69) is 10.6 Å². The minimum absolute atomic E-state index is 0.179. The number of hydrogen-bond donors (Lipinski definition) is 2. The number of nitrogens with one attached hydrogen (secondary N) is 2. The standard InChI is InChI=1S/C21H25N3O4/c1-22-20(25)15-6-9-18(19(12-15)28-3)23-21(26)24-11-10-16(13-24)14-4-7-17(27-2)8-5-14/h4-9,12,16H,10-11,13H2,1-3H3,(H,22,25)(H,23,26). The van der Waals surface area contributed by atoms with Crippen molar-refractivity contribution < 1.29 is 19.1 Å². The largest absolute Gasteiger partial charge is 0.497 e. The fourth-order valence-corrected chi connectivity index (χ4v) is 3.37. The first kappa shape index (κ1) is 19.5. The number of rotatable bonds is 5. The Bertz CT molecular complexity index is 851. The van der Waals surface area contributed by atoms with Gasteiger partial charge in [-0.1, -0.05) is 12.1 Å². The highest BCUT2D eigenvalue weighted by atomic mass is 16.5. The molecule has 0 aliphatic carbocycles. The lowest BCUT2D eigenvalue weighted by atomic mass is 9.98. The molecule has 1 heterocycles. The molecular weight excluding hydrogens is 358 g/mol. The number of carbonyl (C=O) groups is 2. The number of likely N-dealkylation sites (tertiary alicyclic amines) is 1. The zero-order chi connectivity index (χ0) is 20.1. The summed E-state index contributed by atoms with van der Waals surface area (Å²) in [6.45, 7) is 1.33. The predicted molar refractivity (Wildman–Crippen MR) is 107 cm³/mol. The van der Waals surface area contributed by atoms with Crippen molar-refractivity contribution in [2.24, 2.45) is 0 Å². The van der Waals surface area contributed by atoms with Gasteiger partial charge in [0.1, 0.15) is 11.5 Å². The van der Waals surface area contributed by atoms with Crippen molar-refractivity contribution in [2.45, 2.75) is 12.3 Å². The number of methoxy groups -OCH3 is 2. The summed E-state index contributed by atoms with van der Waals surface area (Å²) in [5, 5.41) is 5.46. The van der Waals surface area contributed by atoms with Crippen molar-refractivity contribution in [3.8, 4) is 11.5 Å². The third-order valence-electron chi connectivity index (χ3n) is 5.00. The maximum Gasteiger partial charge on any atom is 0.321 e. The maximum atomic E-state index is 12.7. The Hall–Kier alpha value is -3.22. The molecule has 28 heavy (non-hydrogen) atoms. The summed E-state index contributed by atoms with van der Waals surface area (Å²) in [7, 11) is 4.72. The van der Waals surface area contributed by atoms with Crippen LogP contribution in [-0.4, -0.2) is 51.2 Å². The first-order valence-corrected chi connectivity index (χ1v) is 9.15. The molecule has 0 bridgehead atoms. The van der Waals surface area contributed by atoms with Crippen LogP contribution in [0.5, 0.6) is 11.5 Å². The van der Waals surface area contributed by atoms with Crippen LogP contribution in [0.15, 0.2) is 42.5 Å². The first-order valence-electron chi connectivity index (χ1n) is 9.15. The third-order valence-corrected chi connectivity index (χ3v) is 5.00. The molecule has 2 N–H and O–H groups in total. The topological polar surface area (TPSA) is 79.9 Å². The molecule has 0 spiro atoms. The molecule has 1 aliphatic heterocycles. The van der Waals surface area contributed by atoms with E-state index in [4.69, 9.17) is 9.47 Å². The fraction of sp³-hybridized carbons (Fsp3) is 0.333. The van der Waals surface area contributed by atoms with Crippen molar-refractivity contribution in [1.82, 2.24) is 10.2 Å². The Kier molecular flexibility index (Phi) is 6.03. The highest BCUT2D eigenvalue weighted by Gasteiger charge is 2.28. The van der Waals surface area contributed by atoms with E-state index in [0.717, 1.165) is 12.2 Å². The molecule has 3 amide bonds. The van der Waals surface area contributed by atoms with Gasteiger partial charge >= 0.3 is 6.03 Å². The van der Waals surface area contributed by atoms with E-state index < -0.39 is 0 Å². The van der Waals surface area contributed by atoms with Crippen LogP contribution in [-0.2, 0) is 0 Å². The second kappa shape index (κ2) is 8.65. The van der Waals surface area contributed by atoms with Crippen LogP contribution in [0.4, 0.5) is 10.5 Å². The van der Waals surface area contributed by atoms with Gasteiger partial charge in [-0.15, -0.1) is 0 Å². The lowest BCUT2D eigenvalue weighted by Crippen LogP contribution is -2.33. The van der Waals surface area contributed by atoms with E-state index in [0.29, 0.717) is 36.0 Å². The van der Waals surface area contributed by atoms with Crippen LogP contribution < -0.4 is 20.1 Å². The van der Waals surface area contributed by atoms with Gasteiger partial charge in [-0.3, -0.25) is 4.79 Å². The van der Waals surface area contributed by atoms with E-state index in [1.54, 1.807) is 37.3 Å². The van der Waals surface area contributed by atoms with Gasteiger partial charge in [-0.25, -0.2) is 4.79 Å². The highest BCUT2D eigenvalue weighted by Crippen LogP contribution is 2.30. The lowest BCUT2D eigenvalue weighted by Gasteiger charge is -2.19. The summed E-state index contributed by atoms with van der Waals surface area (Å²) < 4.78 is 10.5. The van der Waals surface area contributed by atoms with Crippen LogP contribution in [0.1, 0.15) is 28.3 Å². The molecule has 148 valence electrons. The average molecular weight is 383 g/mol. The van der Waals surface area contributed by atoms with Crippen LogP contribution in [0.2, 0.25) is 0 Å². The fourth-order valence-electron chi connectivity index (χ4n) is 3.37. The highest BCUT2D eigenvalue weighted by molar-refractivity contribution is 5.97. The summed E-state index contributed by atoms with van der Waals surface area (Å²) in [6, 6.07) is 12.7. The second-order valence-electron chi connectivity index (χ2n) is 6.63. The molecule has 0 radical (unpaired) electrons. The summed E-state index contributed by atoms with van der Waals surface area (Å²) in [5.74, 6) is 1.36. The van der Waals surface area contributed by atoms with Gasteiger partial charge in [0.2, 0.25) is 0 Å². The summed E-state index contributed by atoms with van der Waals surface area (Å²) in [4.78, 5) is 26.3. The molecule has 1 aliphatic rings. The summed E-state index contributed by atoms with van der Waals surface area (Å²) >= 11 is 0. The molecule has 1 saturated heterocycles. The average Bonchev–Trinajstić information content (AvgIpc) is 3.24. The maximum absolute atomic E-state index is 12.7.